The predicted octanol–water partition coefficient (Wildman–Crippen LogP) is 8.68. The van der Waals surface area contributed by atoms with Crippen molar-refractivity contribution in [1.29, 1.82) is 0 Å². The number of fused-ring (bicyclic) bond motifs is 3. The van der Waals surface area contributed by atoms with Crippen molar-refractivity contribution in [2.24, 2.45) is 22.7 Å². The first-order valence-electron chi connectivity index (χ1n) is 12.2. The van der Waals surface area contributed by atoms with Crippen molar-refractivity contribution in [3.8, 4) is 0 Å². The van der Waals surface area contributed by atoms with Gasteiger partial charge in [-0.05, 0) is 80.5 Å². The Kier molecular flexibility index (Phi) is 7.33. The Labute approximate surface area is 158 Å². The molecule has 0 nitrogen and oxygen atoms in total. The van der Waals surface area contributed by atoms with Crippen LogP contribution in [0.3, 0.4) is 0 Å². The topological polar surface area (TPSA) is 0 Å². The summed E-state index contributed by atoms with van der Waals surface area (Å²) in [6, 6.07) is 0. The van der Waals surface area contributed by atoms with Gasteiger partial charge in [-0.3, -0.25) is 0 Å². The van der Waals surface area contributed by atoms with Gasteiger partial charge in [0.25, 0.3) is 0 Å². The monoisotopic (exact) mass is 346 g/mol. The Morgan fingerprint density at radius 2 is 1.24 bits per heavy atom. The van der Waals surface area contributed by atoms with Crippen molar-refractivity contribution in [2.75, 3.05) is 0 Å². The first-order chi connectivity index (χ1) is 12.2. The van der Waals surface area contributed by atoms with Crippen LogP contribution in [0.1, 0.15) is 136 Å². The van der Waals surface area contributed by atoms with Gasteiger partial charge in [0, 0.05) is 0 Å². The summed E-state index contributed by atoms with van der Waals surface area (Å²) in [7, 11) is 0. The van der Waals surface area contributed by atoms with E-state index in [1.165, 1.54) is 51.4 Å². The van der Waals surface area contributed by atoms with E-state index < -0.39 is 0 Å². The van der Waals surface area contributed by atoms with Crippen LogP contribution in [0.2, 0.25) is 0 Å². The molecule has 0 aromatic heterocycles. The average Bonchev–Trinajstić information content (AvgIpc) is 2.68. The average molecular weight is 347 g/mol. The van der Waals surface area contributed by atoms with E-state index in [2.05, 4.69) is 13.8 Å². The van der Waals surface area contributed by atoms with Gasteiger partial charge in [-0.1, -0.05) is 78.1 Å². The molecule has 4 saturated carbocycles. The molecule has 0 atom stereocenters. The Hall–Kier alpha value is 0. The largest absolute Gasteiger partial charge is 0.0654 e. The highest BCUT2D eigenvalue weighted by molar-refractivity contribution is 5.02. The van der Waals surface area contributed by atoms with E-state index in [0.717, 1.165) is 22.7 Å². The molecule has 4 aliphatic carbocycles. The van der Waals surface area contributed by atoms with Crippen molar-refractivity contribution >= 4 is 0 Å². The van der Waals surface area contributed by atoms with Crippen LogP contribution >= 0.6 is 0 Å². The fourth-order valence-electron chi connectivity index (χ4n) is 6.94. The van der Waals surface area contributed by atoms with Crippen LogP contribution in [-0.2, 0) is 0 Å². The second-order valence-corrected chi connectivity index (χ2v) is 10.4. The van der Waals surface area contributed by atoms with Crippen LogP contribution in [-0.4, -0.2) is 0 Å². The van der Waals surface area contributed by atoms with Gasteiger partial charge in [-0.25, -0.2) is 0 Å². The van der Waals surface area contributed by atoms with Crippen molar-refractivity contribution in [3.63, 3.8) is 0 Å². The molecule has 2 bridgehead atoms. The van der Waals surface area contributed by atoms with Gasteiger partial charge < -0.3 is 0 Å². The molecule has 25 heavy (non-hydrogen) atoms. The number of hydrogen-bond donors (Lipinski definition) is 0. The normalized spacial score (nSPS) is 38.2. The zero-order chi connectivity index (χ0) is 17.6. The van der Waals surface area contributed by atoms with Crippen LogP contribution in [0.15, 0.2) is 0 Å². The molecular weight excluding hydrogens is 300 g/mol. The van der Waals surface area contributed by atoms with Gasteiger partial charge in [-0.2, -0.15) is 0 Å². The summed E-state index contributed by atoms with van der Waals surface area (Å²) < 4.78 is 0. The summed E-state index contributed by atoms with van der Waals surface area (Å²) in [5, 5.41) is 0. The molecule has 0 unspecified atom stereocenters. The third kappa shape index (κ3) is 4.84. The first-order valence-corrected chi connectivity index (χ1v) is 12.2. The molecule has 0 N–H and O–H groups in total. The van der Waals surface area contributed by atoms with Gasteiger partial charge in [0.05, 0.1) is 0 Å². The fraction of sp³-hybridized carbons (Fsp3) is 1.00. The van der Waals surface area contributed by atoms with Crippen LogP contribution in [0.5, 0.6) is 0 Å². The quantitative estimate of drug-likeness (QED) is 0.347. The van der Waals surface area contributed by atoms with Gasteiger partial charge in [0.2, 0.25) is 0 Å². The molecule has 0 spiro atoms. The van der Waals surface area contributed by atoms with Crippen molar-refractivity contribution < 1.29 is 0 Å². The molecule has 4 fully saturated rings. The zero-order valence-electron chi connectivity index (χ0n) is 17.6. The van der Waals surface area contributed by atoms with Gasteiger partial charge in [0.15, 0.2) is 0 Å². The molecule has 0 heterocycles. The van der Waals surface area contributed by atoms with Gasteiger partial charge in [0.1, 0.15) is 0 Å². The lowest BCUT2D eigenvalue weighted by molar-refractivity contribution is -0.0655. The summed E-state index contributed by atoms with van der Waals surface area (Å²) >= 11 is 0. The third-order valence-electron chi connectivity index (χ3n) is 8.95. The fourth-order valence-corrected chi connectivity index (χ4v) is 6.94. The van der Waals surface area contributed by atoms with Crippen LogP contribution < -0.4 is 0 Å². The molecule has 0 saturated heterocycles. The highest BCUT2D eigenvalue weighted by Crippen LogP contribution is 2.63. The van der Waals surface area contributed by atoms with Gasteiger partial charge >= 0.3 is 0 Å². The maximum atomic E-state index is 2.35. The lowest BCUT2D eigenvalue weighted by atomic mass is 9.47. The van der Waals surface area contributed by atoms with E-state index in [0.29, 0.717) is 0 Å². The van der Waals surface area contributed by atoms with Crippen molar-refractivity contribution in [1.82, 2.24) is 0 Å². The van der Waals surface area contributed by atoms with Crippen molar-refractivity contribution in [2.45, 2.75) is 136 Å². The minimum absolute atomic E-state index is 0.798. The molecule has 0 aliphatic heterocycles. The Balaban J connectivity index is 1.42. The zero-order valence-corrected chi connectivity index (χ0v) is 17.6. The summed E-state index contributed by atoms with van der Waals surface area (Å²) in [6.45, 7) is 4.68. The maximum absolute atomic E-state index is 2.35. The molecule has 0 aromatic rings. The molecular formula is C25H46. The minimum atomic E-state index is 0.798. The second-order valence-electron chi connectivity index (χ2n) is 10.4. The van der Waals surface area contributed by atoms with E-state index in [9.17, 15) is 0 Å². The van der Waals surface area contributed by atoms with Crippen LogP contribution in [0.25, 0.3) is 0 Å². The van der Waals surface area contributed by atoms with Gasteiger partial charge in [-0.15, -0.1) is 0 Å². The molecule has 0 aromatic carbocycles. The Morgan fingerprint density at radius 3 is 1.84 bits per heavy atom. The second kappa shape index (κ2) is 9.27. The summed E-state index contributed by atoms with van der Waals surface area (Å²) in [4.78, 5) is 0. The SMILES string of the molecule is CCCCCCCC12CCC(C3CCC(CCCC)CC3)(CC1)CC2. The number of rotatable bonds is 10. The van der Waals surface area contributed by atoms with Crippen molar-refractivity contribution in [3.05, 3.63) is 0 Å². The maximum Gasteiger partial charge on any atom is -0.0269 e. The summed E-state index contributed by atoms with van der Waals surface area (Å²) in [5.41, 5.74) is 1.60. The first kappa shape index (κ1) is 19.8. The number of unbranched alkanes of at least 4 members (excludes halogenated alkanes) is 5. The highest BCUT2D eigenvalue weighted by Gasteiger charge is 2.51. The number of hydrogen-bond acceptors (Lipinski definition) is 0. The Morgan fingerprint density at radius 1 is 0.640 bits per heavy atom. The predicted molar refractivity (Wildman–Crippen MR) is 111 cm³/mol. The third-order valence-corrected chi connectivity index (χ3v) is 8.95. The highest BCUT2D eigenvalue weighted by atomic mass is 14.6. The summed E-state index contributed by atoms with van der Waals surface area (Å²) in [6.07, 6.45) is 29.2. The Bertz CT molecular complexity index is 349. The lowest BCUT2D eigenvalue weighted by Crippen LogP contribution is -2.46. The molecule has 4 rings (SSSR count). The van der Waals surface area contributed by atoms with E-state index in [1.807, 2.05) is 0 Å². The molecule has 0 radical (unpaired) electrons. The van der Waals surface area contributed by atoms with E-state index in [-0.39, 0.29) is 0 Å². The summed E-state index contributed by atoms with van der Waals surface area (Å²) in [5.74, 6) is 2.19. The minimum Gasteiger partial charge on any atom is -0.0654 e. The van der Waals surface area contributed by atoms with E-state index >= 15 is 0 Å². The molecule has 0 heteroatoms. The smallest absolute Gasteiger partial charge is 0.0269 e. The van der Waals surface area contributed by atoms with Crippen LogP contribution in [0.4, 0.5) is 0 Å². The molecule has 146 valence electrons. The lowest BCUT2D eigenvalue weighted by Gasteiger charge is -2.58. The van der Waals surface area contributed by atoms with E-state index in [4.69, 9.17) is 0 Å². The van der Waals surface area contributed by atoms with E-state index in [1.54, 1.807) is 70.6 Å². The molecule has 4 aliphatic rings. The standard InChI is InChI=1S/C25H46/c1-3-5-7-8-9-15-24-16-19-25(20-17-24,21-18-24)23-13-11-22(12-14-23)10-6-4-2/h22-23H,3-21H2,1-2H3. The van der Waals surface area contributed by atoms with Crippen LogP contribution in [0, 0.1) is 22.7 Å². The molecule has 0 amide bonds.